The van der Waals surface area contributed by atoms with Crippen LogP contribution in [0.4, 0.5) is 4.39 Å². The molecule has 0 spiro atoms. The molecular weight excluding hydrogens is 365 g/mol. The predicted octanol–water partition coefficient (Wildman–Crippen LogP) is 4.51. The number of hydrogen-bond acceptors (Lipinski definition) is 5. The third kappa shape index (κ3) is 4.58. The first-order valence-electron chi connectivity index (χ1n) is 9.26. The number of phenols is 2. The van der Waals surface area contributed by atoms with Gasteiger partial charge in [0.1, 0.15) is 5.82 Å². The molecule has 0 unspecified atom stereocenters. The van der Waals surface area contributed by atoms with Crippen molar-refractivity contribution in [1.29, 1.82) is 0 Å². The van der Waals surface area contributed by atoms with Gasteiger partial charge in [-0.3, -0.25) is 4.99 Å². The van der Waals surface area contributed by atoms with Crippen LogP contribution in [0.3, 0.4) is 0 Å². The maximum absolute atomic E-state index is 14.1. The molecule has 0 atom stereocenters. The summed E-state index contributed by atoms with van der Waals surface area (Å²) in [7, 11) is 0. The number of benzene rings is 1. The lowest BCUT2D eigenvalue weighted by Gasteiger charge is -2.19. The summed E-state index contributed by atoms with van der Waals surface area (Å²) < 4.78 is 15.8. The number of phenolic OH excluding ortho intramolecular Hbond substituents is 2. The summed E-state index contributed by atoms with van der Waals surface area (Å²) in [5.74, 6) is -1.51. The number of nitrogens with zero attached hydrogens (tertiary/aromatic N) is 3. The van der Waals surface area contributed by atoms with E-state index in [9.17, 15) is 14.6 Å². The minimum atomic E-state index is -0.645. The average molecular weight is 392 g/mol. The van der Waals surface area contributed by atoms with Gasteiger partial charge >= 0.3 is 0 Å². The summed E-state index contributed by atoms with van der Waals surface area (Å²) in [4.78, 5) is 5.70. The summed E-state index contributed by atoms with van der Waals surface area (Å²) in [5.41, 5.74) is 0.943. The minimum Gasteiger partial charge on any atom is -0.504 e. The van der Waals surface area contributed by atoms with E-state index in [1.165, 1.54) is 25.5 Å². The van der Waals surface area contributed by atoms with E-state index in [1.54, 1.807) is 16.0 Å². The maximum Gasteiger partial charge on any atom is 0.206 e. The molecule has 0 bridgehead atoms. The normalized spacial score (nSPS) is 17.1. The largest absolute Gasteiger partial charge is 0.504 e. The van der Waals surface area contributed by atoms with Crippen molar-refractivity contribution in [2.75, 3.05) is 0 Å². The van der Waals surface area contributed by atoms with Gasteiger partial charge in [-0.25, -0.2) is 9.07 Å². The van der Waals surface area contributed by atoms with E-state index >= 15 is 0 Å². The molecule has 1 heterocycles. The lowest BCUT2D eigenvalue weighted by molar-refractivity contribution is 0.399. The molecule has 2 N–H and O–H groups in total. The molecule has 1 fully saturated rings. The van der Waals surface area contributed by atoms with Crippen LogP contribution in [0.15, 0.2) is 27.6 Å². The number of thiazole rings is 1. The third-order valence-electron chi connectivity index (χ3n) is 4.73. The van der Waals surface area contributed by atoms with Crippen molar-refractivity contribution >= 4 is 17.6 Å². The summed E-state index contributed by atoms with van der Waals surface area (Å²) in [6, 6.07) is 2.35. The molecule has 0 saturated heterocycles. The molecule has 1 aliphatic rings. The molecule has 1 aromatic heterocycles. The fourth-order valence-corrected chi connectivity index (χ4v) is 4.28. The Hall–Kier alpha value is -2.15. The molecule has 146 valence electrons. The number of aromatic nitrogens is 1. The number of halogens is 1. The number of rotatable bonds is 3. The molecule has 1 saturated carbocycles. The van der Waals surface area contributed by atoms with Gasteiger partial charge in [-0.05, 0) is 18.9 Å². The monoisotopic (exact) mass is 391 g/mol. The molecule has 0 radical (unpaired) electrons. The Labute approximate surface area is 162 Å². The van der Waals surface area contributed by atoms with E-state index in [4.69, 9.17) is 4.99 Å². The van der Waals surface area contributed by atoms with Crippen LogP contribution < -0.4 is 4.80 Å². The first-order valence-corrected chi connectivity index (χ1v) is 10.1. The summed E-state index contributed by atoms with van der Waals surface area (Å²) in [6.07, 6.45) is 7.21. The Morgan fingerprint density at radius 2 is 1.81 bits per heavy atom. The van der Waals surface area contributed by atoms with Gasteiger partial charge in [0.2, 0.25) is 4.80 Å². The number of hydrogen-bond donors (Lipinski definition) is 2. The van der Waals surface area contributed by atoms with Crippen LogP contribution in [-0.4, -0.2) is 27.1 Å². The van der Waals surface area contributed by atoms with Gasteiger partial charge in [-0.2, -0.15) is 5.10 Å². The van der Waals surface area contributed by atoms with E-state index in [-0.39, 0.29) is 16.7 Å². The average Bonchev–Trinajstić information content (AvgIpc) is 3.01. The third-order valence-corrected chi connectivity index (χ3v) is 5.56. The van der Waals surface area contributed by atoms with Crippen LogP contribution in [0.5, 0.6) is 11.5 Å². The molecule has 7 heteroatoms. The summed E-state index contributed by atoms with van der Waals surface area (Å²) in [6.45, 7) is 6.29. The topological polar surface area (TPSA) is 70.1 Å². The second-order valence-electron chi connectivity index (χ2n) is 7.99. The van der Waals surface area contributed by atoms with Gasteiger partial charge in [0.15, 0.2) is 11.5 Å². The highest BCUT2D eigenvalue weighted by Gasteiger charge is 2.21. The van der Waals surface area contributed by atoms with Crippen molar-refractivity contribution in [3.63, 3.8) is 0 Å². The van der Waals surface area contributed by atoms with Gasteiger partial charge in [0.25, 0.3) is 0 Å². The smallest absolute Gasteiger partial charge is 0.206 e. The fraction of sp³-hybridized carbons (Fsp3) is 0.500. The molecule has 1 aliphatic carbocycles. The van der Waals surface area contributed by atoms with Crippen molar-refractivity contribution < 1.29 is 14.6 Å². The van der Waals surface area contributed by atoms with E-state index in [0.29, 0.717) is 6.04 Å². The van der Waals surface area contributed by atoms with E-state index in [1.807, 2.05) is 5.38 Å². The zero-order valence-electron chi connectivity index (χ0n) is 15.9. The van der Waals surface area contributed by atoms with Crippen molar-refractivity contribution in [1.82, 2.24) is 4.68 Å². The van der Waals surface area contributed by atoms with E-state index in [0.717, 1.165) is 35.5 Å². The Kier molecular flexibility index (Phi) is 5.69. The Bertz CT molecular complexity index is 903. The second kappa shape index (κ2) is 7.84. The zero-order valence-corrected chi connectivity index (χ0v) is 16.8. The number of aromatic hydroxyl groups is 2. The molecule has 3 rings (SSSR count). The zero-order chi connectivity index (χ0) is 19.6. The van der Waals surface area contributed by atoms with Crippen LogP contribution in [0.2, 0.25) is 0 Å². The molecule has 1 aromatic carbocycles. The first-order chi connectivity index (χ1) is 12.8. The molecule has 0 aliphatic heterocycles. The van der Waals surface area contributed by atoms with Gasteiger partial charge in [-0.15, -0.1) is 11.3 Å². The highest BCUT2D eigenvalue weighted by molar-refractivity contribution is 7.07. The highest BCUT2D eigenvalue weighted by Crippen LogP contribution is 2.27. The molecule has 2 aromatic rings. The SMILES string of the molecule is CC(C)(C)c1csc(=NC2CCCCC2)n1N=Cc1cc(O)c(O)cc1F. The Morgan fingerprint density at radius 1 is 1.15 bits per heavy atom. The van der Waals surface area contributed by atoms with E-state index in [2.05, 4.69) is 25.9 Å². The molecular formula is C20H26FN3O2S. The quantitative estimate of drug-likeness (QED) is 0.597. The van der Waals surface area contributed by atoms with Gasteiger partial charge in [0.05, 0.1) is 18.0 Å². The first kappa shape index (κ1) is 19.6. The van der Waals surface area contributed by atoms with Crippen LogP contribution in [0, 0.1) is 5.82 Å². The summed E-state index contributed by atoms with van der Waals surface area (Å²) in [5, 5.41) is 25.6. The maximum atomic E-state index is 14.1. The van der Waals surface area contributed by atoms with Crippen molar-refractivity contribution in [2.45, 2.75) is 64.3 Å². The van der Waals surface area contributed by atoms with E-state index < -0.39 is 11.6 Å². The van der Waals surface area contributed by atoms with Gasteiger partial charge in [0, 0.05) is 22.4 Å². The van der Waals surface area contributed by atoms with Crippen LogP contribution in [0.1, 0.15) is 64.1 Å². The van der Waals surface area contributed by atoms with Gasteiger partial charge in [-0.1, -0.05) is 40.0 Å². The Balaban J connectivity index is 2.03. The van der Waals surface area contributed by atoms with Crippen LogP contribution in [0.25, 0.3) is 0 Å². The standard InChI is InChI=1S/C20H26FN3O2S/c1-20(2,3)18-12-27-19(23-14-7-5-4-6-8-14)24(18)22-11-13-9-16(25)17(26)10-15(13)21/h9-12,14,25-26H,4-8H2,1-3H3. The Morgan fingerprint density at radius 3 is 2.48 bits per heavy atom. The lowest BCUT2D eigenvalue weighted by atomic mass is 9.93. The molecule has 0 amide bonds. The van der Waals surface area contributed by atoms with Crippen molar-refractivity contribution in [3.8, 4) is 11.5 Å². The fourth-order valence-electron chi connectivity index (χ4n) is 3.16. The predicted molar refractivity (Wildman–Crippen MR) is 106 cm³/mol. The lowest BCUT2D eigenvalue weighted by Crippen LogP contribution is -2.24. The molecule has 27 heavy (non-hydrogen) atoms. The molecule has 5 nitrogen and oxygen atoms in total. The van der Waals surface area contributed by atoms with Crippen molar-refractivity contribution in [2.24, 2.45) is 10.1 Å². The van der Waals surface area contributed by atoms with Crippen LogP contribution in [-0.2, 0) is 5.41 Å². The highest BCUT2D eigenvalue weighted by atomic mass is 32.1. The van der Waals surface area contributed by atoms with Crippen molar-refractivity contribution in [3.05, 3.63) is 39.4 Å². The minimum absolute atomic E-state index is 0.104. The van der Waals surface area contributed by atoms with Gasteiger partial charge < -0.3 is 10.2 Å². The second-order valence-corrected chi connectivity index (χ2v) is 8.83. The van der Waals surface area contributed by atoms with Crippen LogP contribution >= 0.6 is 11.3 Å². The summed E-state index contributed by atoms with van der Waals surface area (Å²) >= 11 is 1.54.